The molecule has 0 aliphatic rings. The largest absolute Gasteiger partial charge is 0.396 e. The van der Waals surface area contributed by atoms with E-state index in [9.17, 15) is 4.79 Å². The van der Waals surface area contributed by atoms with Crippen molar-refractivity contribution in [2.24, 2.45) is 0 Å². The summed E-state index contributed by atoms with van der Waals surface area (Å²) < 4.78 is 0. The average molecular weight is 299 g/mol. The zero-order chi connectivity index (χ0) is 15.1. The highest BCUT2D eigenvalue weighted by atomic mass is 35.5. The van der Waals surface area contributed by atoms with Crippen LogP contribution >= 0.6 is 11.6 Å². The Morgan fingerprint density at radius 3 is 2.65 bits per heavy atom. The van der Waals surface area contributed by atoms with Gasteiger partial charge in [0.1, 0.15) is 0 Å². The van der Waals surface area contributed by atoms with E-state index < -0.39 is 0 Å². The highest BCUT2D eigenvalue weighted by Gasteiger charge is 2.12. The standard InChI is InChI=1S/C15H23ClN2O2/c1-4-18(6-5-7-19)10-14(20)17-15-12(3)8-11(2)9-13(15)16/h8-9,19H,4-7,10H2,1-3H3,(H,17,20). The summed E-state index contributed by atoms with van der Waals surface area (Å²) in [5.41, 5.74) is 2.71. The topological polar surface area (TPSA) is 52.6 Å². The van der Waals surface area contributed by atoms with Gasteiger partial charge in [-0.25, -0.2) is 0 Å². The fourth-order valence-electron chi connectivity index (χ4n) is 2.10. The van der Waals surface area contributed by atoms with Gasteiger partial charge in [0.05, 0.1) is 17.3 Å². The highest BCUT2D eigenvalue weighted by molar-refractivity contribution is 6.34. The normalized spacial score (nSPS) is 10.9. The molecule has 20 heavy (non-hydrogen) atoms. The maximum absolute atomic E-state index is 12.1. The van der Waals surface area contributed by atoms with Gasteiger partial charge in [0.15, 0.2) is 0 Å². The van der Waals surface area contributed by atoms with Gasteiger partial charge in [0.25, 0.3) is 0 Å². The lowest BCUT2D eigenvalue weighted by atomic mass is 10.1. The summed E-state index contributed by atoms with van der Waals surface area (Å²) in [7, 11) is 0. The Kier molecular flexibility index (Phi) is 6.99. The number of halogens is 1. The first kappa shape index (κ1) is 17.0. The van der Waals surface area contributed by atoms with E-state index in [0.717, 1.165) is 17.7 Å². The molecule has 4 nitrogen and oxygen atoms in total. The first-order valence-electron chi connectivity index (χ1n) is 6.87. The molecule has 0 bridgehead atoms. The molecular formula is C15H23ClN2O2. The van der Waals surface area contributed by atoms with Crippen molar-refractivity contribution in [1.29, 1.82) is 0 Å². The minimum Gasteiger partial charge on any atom is -0.396 e. The minimum absolute atomic E-state index is 0.0846. The van der Waals surface area contributed by atoms with Crippen LogP contribution in [0.25, 0.3) is 0 Å². The molecule has 1 rings (SSSR count). The fraction of sp³-hybridized carbons (Fsp3) is 0.533. The monoisotopic (exact) mass is 298 g/mol. The van der Waals surface area contributed by atoms with Gasteiger partial charge < -0.3 is 10.4 Å². The van der Waals surface area contributed by atoms with Gasteiger partial charge in [-0.1, -0.05) is 24.6 Å². The van der Waals surface area contributed by atoms with Crippen LogP contribution in [0.15, 0.2) is 12.1 Å². The second kappa shape index (κ2) is 8.25. The molecule has 0 unspecified atom stereocenters. The summed E-state index contributed by atoms with van der Waals surface area (Å²) in [5.74, 6) is -0.0846. The molecule has 0 atom stereocenters. The summed E-state index contributed by atoms with van der Waals surface area (Å²) in [6.45, 7) is 7.82. The van der Waals surface area contributed by atoms with E-state index in [2.05, 4.69) is 5.32 Å². The number of carbonyl (C=O) groups excluding carboxylic acids is 1. The Labute approximate surface area is 125 Å². The third kappa shape index (κ3) is 5.12. The molecule has 2 N–H and O–H groups in total. The first-order chi connectivity index (χ1) is 9.47. The predicted molar refractivity (Wildman–Crippen MR) is 83.4 cm³/mol. The maximum atomic E-state index is 12.1. The fourth-order valence-corrected chi connectivity index (χ4v) is 2.47. The summed E-state index contributed by atoms with van der Waals surface area (Å²) in [5, 5.41) is 12.3. The van der Waals surface area contributed by atoms with Crippen LogP contribution in [-0.4, -0.2) is 42.2 Å². The van der Waals surface area contributed by atoms with E-state index >= 15 is 0 Å². The van der Waals surface area contributed by atoms with E-state index in [4.69, 9.17) is 16.7 Å². The van der Waals surface area contributed by atoms with Crippen molar-refractivity contribution < 1.29 is 9.90 Å². The maximum Gasteiger partial charge on any atom is 0.238 e. The SMILES string of the molecule is CCN(CCCO)CC(=O)Nc1c(C)cc(C)cc1Cl. The number of benzene rings is 1. The number of hydrogen-bond donors (Lipinski definition) is 2. The van der Waals surface area contributed by atoms with Crippen LogP contribution in [0.4, 0.5) is 5.69 Å². The number of amides is 1. The van der Waals surface area contributed by atoms with E-state index in [0.29, 0.717) is 30.2 Å². The smallest absolute Gasteiger partial charge is 0.238 e. The number of nitrogens with one attached hydrogen (secondary N) is 1. The van der Waals surface area contributed by atoms with Gasteiger partial charge in [-0.15, -0.1) is 0 Å². The Morgan fingerprint density at radius 2 is 2.10 bits per heavy atom. The molecule has 1 amide bonds. The molecule has 112 valence electrons. The molecule has 0 spiro atoms. The quantitative estimate of drug-likeness (QED) is 0.813. The van der Waals surface area contributed by atoms with Crippen molar-refractivity contribution in [3.05, 3.63) is 28.3 Å². The molecule has 0 aromatic heterocycles. The number of anilines is 1. The molecule has 1 aromatic rings. The molecule has 1 aromatic carbocycles. The summed E-state index contributed by atoms with van der Waals surface area (Å²) in [6, 6.07) is 3.83. The number of likely N-dealkylation sites (N-methyl/N-ethyl adjacent to an activating group) is 1. The van der Waals surface area contributed by atoms with Crippen LogP contribution in [0.1, 0.15) is 24.5 Å². The van der Waals surface area contributed by atoms with Crippen molar-refractivity contribution in [3.63, 3.8) is 0 Å². The van der Waals surface area contributed by atoms with Crippen LogP contribution in [-0.2, 0) is 4.79 Å². The van der Waals surface area contributed by atoms with Crippen LogP contribution in [0.5, 0.6) is 0 Å². The lowest BCUT2D eigenvalue weighted by molar-refractivity contribution is -0.117. The van der Waals surface area contributed by atoms with Crippen LogP contribution in [0, 0.1) is 13.8 Å². The molecule has 0 aliphatic heterocycles. The number of rotatable bonds is 7. The summed E-state index contributed by atoms with van der Waals surface area (Å²) >= 11 is 6.17. The van der Waals surface area contributed by atoms with Gasteiger partial charge in [0.2, 0.25) is 5.91 Å². The van der Waals surface area contributed by atoms with Crippen LogP contribution < -0.4 is 5.32 Å². The average Bonchev–Trinajstić information content (AvgIpc) is 2.38. The molecular weight excluding hydrogens is 276 g/mol. The molecule has 0 radical (unpaired) electrons. The number of aryl methyl sites for hydroxylation is 2. The molecule has 5 heteroatoms. The Morgan fingerprint density at radius 1 is 1.40 bits per heavy atom. The molecule has 0 saturated carbocycles. The van der Waals surface area contributed by atoms with Gasteiger partial charge in [-0.3, -0.25) is 9.69 Å². The van der Waals surface area contributed by atoms with Crippen molar-refractivity contribution >= 4 is 23.2 Å². The lowest BCUT2D eigenvalue weighted by Crippen LogP contribution is -2.34. The van der Waals surface area contributed by atoms with E-state index in [-0.39, 0.29) is 12.5 Å². The number of aliphatic hydroxyl groups is 1. The number of carbonyl (C=O) groups is 1. The molecule has 0 saturated heterocycles. The van der Waals surface area contributed by atoms with Crippen molar-refractivity contribution in [3.8, 4) is 0 Å². The van der Waals surface area contributed by atoms with E-state index in [1.54, 1.807) is 0 Å². The highest BCUT2D eigenvalue weighted by Crippen LogP contribution is 2.27. The first-order valence-corrected chi connectivity index (χ1v) is 7.25. The number of nitrogens with zero attached hydrogens (tertiary/aromatic N) is 1. The van der Waals surface area contributed by atoms with Crippen LogP contribution in [0.3, 0.4) is 0 Å². The summed E-state index contributed by atoms with van der Waals surface area (Å²) in [6.07, 6.45) is 0.672. The second-order valence-electron chi connectivity index (χ2n) is 4.93. The van der Waals surface area contributed by atoms with Gasteiger partial charge in [0, 0.05) is 13.2 Å². The van der Waals surface area contributed by atoms with Gasteiger partial charge in [-0.2, -0.15) is 0 Å². The van der Waals surface area contributed by atoms with Crippen molar-refractivity contribution in [2.45, 2.75) is 27.2 Å². The Balaban J connectivity index is 2.66. The number of aliphatic hydroxyl groups excluding tert-OH is 1. The Bertz CT molecular complexity index is 440. The third-order valence-corrected chi connectivity index (χ3v) is 3.44. The van der Waals surface area contributed by atoms with E-state index in [1.807, 2.05) is 37.8 Å². The zero-order valence-corrected chi connectivity index (χ0v) is 13.1. The minimum atomic E-state index is -0.0846. The van der Waals surface area contributed by atoms with Crippen molar-refractivity contribution in [1.82, 2.24) is 4.90 Å². The van der Waals surface area contributed by atoms with Crippen molar-refractivity contribution in [2.75, 3.05) is 31.6 Å². The second-order valence-corrected chi connectivity index (χ2v) is 5.34. The summed E-state index contributed by atoms with van der Waals surface area (Å²) in [4.78, 5) is 14.0. The van der Waals surface area contributed by atoms with Gasteiger partial charge in [-0.05, 0) is 44.0 Å². The van der Waals surface area contributed by atoms with Crippen LogP contribution in [0.2, 0.25) is 5.02 Å². The van der Waals surface area contributed by atoms with E-state index in [1.165, 1.54) is 0 Å². The number of hydrogen-bond acceptors (Lipinski definition) is 3. The predicted octanol–water partition coefficient (Wildman–Crippen LogP) is 2.60. The Hall–Kier alpha value is -1.10. The lowest BCUT2D eigenvalue weighted by Gasteiger charge is -2.20. The molecule has 0 aliphatic carbocycles. The molecule has 0 heterocycles. The zero-order valence-electron chi connectivity index (χ0n) is 12.4. The van der Waals surface area contributed by atoms with Gasteiger partial charge >= 0.3 is 0 Å². The third-order valence-electron chi connectivity index (χ3n) is 3.14. The molecule has 0 fully saturated rings.